The minimum absolute atomic E-state index is 0.292. The Bertz CT molecular complexity index is 793. The van der Waals surface area contributed by atoms with Gasteiger partial charge in [0.2, 0.25) is 0 Å². The van der Waals surface area contributed by atoms with Crippen LogP contribution in [-0.2, 0) is 6.42 Å². The van der Waals surface area contributed by atoms with E-state index >= 15 is 0 Å². The first kappa shape index (κ1) is 14.5. The summed E-state index contributed by atoms with van der Waals surface area (Å²) in [6.45, 7) is 2.01. The van der Waals surface area contributed by atoms with Crippen LogP contribution in [0.2, 0.25) is 0 Å². The van der Waals surface area contributed by atoms with E-state index in [1.165, 1.54) is 6.07 Å². The maximum absolute atomic E-state index is 14.3. The highest BCUT2D eigenvalue weighted by molar-refractivity contribution is 9.10. The van der Waals surface area contributed by atoms with Gasteiger partial charge < -0.3 is 0 Å². The van der Waals surface area contributed by atoms with Crippen LogP contribution in [0.25, 0.3) is 16.7 Å². The number of halogens is 3. The fourth-order valence-electron chi connectivity index (χ4n) is 2.44. The summed E-state index contributed by atoms with van der Waals surface area (Å²) < 4.78 is 16.9. The number of rotatable bonds is 3. The van der Waals surface area contributed by atoms with Gasteiger partial charge in [0.25, 0.3) is 0 Å². The van der Waals surface area contributed by atoms with E-state index < -0.39 is 0 Å². The third-order valence-electron chi connectivity index (χ3n) is 3.36. The van der Waals surface area contributed by atoms with Crippen LogP contribution in [-0.4, -0.2) is 15.4 Å². The van der Waals surface area contributed by atoms with Crippen molar-refractivity contribution in [2.45, 2.75) is 13.3 Å². The maximum Gasteiger partial charge on any atom is 0.148 e. The molecule has 0 atom stereocenters. The summed E-state index contributed by atoms with van der Waals surface area (Å²) in [5.74, 6) is 0.908. The lowest BCUT2D eigenvalue weighted by Gasteiger charge is -2.12. The maximum atomic E-state index is 14.3. The van der Waals surface area contributed by atoms with Gasteiger partial charge in [0.15, 0.2) is 0 Å². The topological polar surface area (TPSA) is 17.8 Å². The van der Waals surface area contributed by atoms with Crippen molar-refractivity contribution in [1.82, 2.24) is 9.55 Å². The zero-order valence-electron chi connectivity index (χ0n) is 11.4. The summed E-state index contributed by atoms with van der Waals surface area (Å²) in [7, 11) is 0. The zero-order chi connectivity index (χ0) is 15.0. The summed E-state index contributed by atoms with van der Waals surface area (Å²) in [4.78, 5) is 4.61. The monoisotopic (exact) mass is 366 g/mol. The quantitative estimate of drug-likeness (QED) is 0.595. The standard InChI is InChI=1S/C16H13BrClFN2/c1-10-5-6-14-13(9-10)20-15(7-8-18)21(14)16-11(17)3-2-4-12(16)19/h2-6,9H,7-8H2,1H3. The average molecular weight is 368 g/mol. The summed E-state index contributed by atoms with van der Waals surface area (Å²) >= 11 is 9.31. The molecule has 0 aliphatic rings. The highest BCUT2D eigenvalue weighted by atomic mass is 79.9. The molecule has 21 heavy (non-hydrogen) atoms. The summed E-state index contributed by atoms with van der Waals surface area (Å²) in [5, 5.41) is 0. The molecule has 0 spiro atoms. The van der Waals surface area contributed by atoms with Crippen molar-refractivity contribution in [2.24, 2.45) is 0 Å². The second-order valence-electron chi connectivity index (χ2n) is 4.86. The number of imidazole rings is 1. The van der Waals surface area contributed by atoms with Gasteiger partial charge in [-0.15, -0.1) is 11.6 Å². The first-order valence-electron chi connectivity index (χ1n) is 6.60. The number of hydrogen-bond acceptors (Lipinski definition) is 1. The van der Waals surface area contributed by atoms with Gasteiger partial charge in [-0.1, -0.05) is 12.1 Å². The third kappa shape index (κ3) is 2.58. The summed E-state index contributed by atoms with van der Waals surface area (Å²) in [6.07, 6.45) is 0.579. The molecule has 0 aliphatic heterocycles. The average Bonchev–Trinajstić information content (AvgIpc) is 2.77. The Balaban J connectivity index is 2.36. The molecule has 1 aromatic heterocycles. The molecule has 5 heteroatoms. The Kier molecular flexibility index (Phi) is 4.00. The van der Waals surface area contributed by atoms with Crippen LogP contribution in [0.15, 0.2) is 40.9 Å². The SMILES string of the molecule is Cc1ccc2c(c1)nc(CCCl)n2-c1c(F)cccc1Br. The number of alkyl halides is 1. The van der Waals surface area contributed by atoms with E-state index in [9.17, 15) is 4.39 Å². The summed E-state index contributed by atoms with van der Waals surface area (Å²) in [6, 6.07) is 10.9. The number of aryl methyl sites for hydroxylation is 2. The summed E-state index contributed by atoms with van der Waals surface area (Å²) in [5.41, 5.74) is 3.33. The first-order chi connectivity index (χ1) is 10.1. The van der Waals surface area contributed by atoms with Crippen molar-refractivity contribution in [3.63, 3.8) is 0 Å². The van der Waals surface area contributed by atoms with Crippen molar-refractivity contribution >= 4 is 38.6 Å². The van der Waals surface area contributed by atoms with Crippen molar-refractivity contribution in [3.8, 4) is 5.69 Å². The molecule has 0 radical (unpaired) electrons. The molecule has 0 saturated carbocycles. The lowest BCUT2D eigenvalue weighted by atomic mass is 10.2. The molecule has 0 unspecified atom stereocenters. The fraction of sp³-hybridized carbons (Fsp3) is 0.188. The molecule has 0 amide bonds. The Morgan fingerprint density at radius 2 is 2.10 bits per heavy atom. The number of benzene rings is 2. The van der Waals surface area contributed by atoms with Crippen LogP contribution < -0.4 is 0 Å². The third-order valence-corrected chi connectivity index (χ3v) is 4.19. The highest BCUT2D eigenvalue weighted by Crippen LogP contribution is 2.30. The van der Waals surface area contributed by atoms with E-state index in [-0.39, 0.29) is 5.82 Å². The minimum atomic E-state index is -0.292. The number of aromatic nitrogens is 2. The zero-order valence-corrected chi connectivity index (χ0v) is 13.7. The van der Waals surface area contributed by atoms with Gasteiger partial charge in [0.1, 0.15) is 11.6 Å². The second kappa shape index (κ2) is 5.78. The van der Waals surface area contributed by atoms with E-state index in [4.69, 9.17) is 11.6 Å². The Morgan fingerprint density at radius 1 is 1.29 bits per heavy atom. The second-order valence-corrected chi connectivity index (χ2v) is 6.10. The molecule has 1 heterocycles. The van der Waals surface area contributed by atoms with Gasteiger partial charge in [-0.3, -0.25) is 4.57 Å². The molecule has 2 aromatic carbocycles. The Labute approximate surface area is 135 Å². The van der Waals surface area contributed by atoms with Gasteiger partial charge in [-0.05, 0) is 52.7 Å². The normalized spacial score (nSPS) is 11.2. The van der Waals surface area contributed by atoms with E-state index in [1.54, 1.807) is 6.07 Å². The van der Waals surface area contributed by atoms with Gasteiger partial charge in [-0.2, -0.15) is 0 Å². The van der Waals surface area contributed by atoms with Crippen LogP contribution >= 0.6 is 27.5 Å². The van der Waals surface area contributed by atoms with E-state index in [2.05, 4.69) is 20.9 Å². The predicted octanol–water partition coefficient (Wildman–Crippen LogP) is 5.02. The molecule has 0 saturated heterocycles. The van der Waals surface area contributed by atoms with Gasteiger partial charge in [0, 0.05) is 16.8 Å². The van der Waals surface area contributed by atoms with Crippen LogP contribution in [0.5, 0.6) is 0 Å². The van der Waals surface area contributed by atoms with E-state index in [1.807, 2.05) is 35.8 Å². The van der Waals surface area contributed by atoms with E-state index in [0.717, 1.165) is 22.4 Å². The fourth-order valence-corrected chi connectivity index (χ4v) is 3.13. The van der Waals surface area contributed by atoms with Crippen molar-refractivity contribution in [1.29, 1.82) is 0 Å². The smallest absolute Gasteiger partial charge is 0.148 e. The minimum Gasteiger partial charge on any atom is -0.292 e. The molecule has 0 bridgehead atoms. The Hall–Kier alpha value is -1.39. The largest absolute Gasteiger partial charge is 0.292 e. The van der Waals surface area contributed by atoms with Crippen LogP contribution in [0.3, 0.4) is 0 Å². The Morgan fingerprint density at radius 3 is 2.81 bits per heavy atom. The highest BCUT2D eigenvalue weighted by Gasteiger charge is 2.17. The molecule has 0 aliphatic carbocycles. The van der Waals surface area contributed by atoms with Crippen LogP contribution in [0.4, 0.5) is 4.39 Å². The van der Waals surface area contributed by atoms with Crippen LogP contribution in [0.1, 0.15) is 11.4 Å². The molecule has 2 nitrogen and oxygen atoms in total. The number of para-hydroxylation sites is 1. The molecule has 0 fully saturated rings. The van der Waals surface area contributed by atoms with Crippen molar-refractivity contribution < 1.29 is 4.39 Å². The lowest BCUT2D eigenvalue weighted by Crippen LogP contribution is -2.05. The van der Waals surface area contributed by atoms with Gasteiger partial charge in [0.05, 0.1) is 16.7 Å². The van der Waals surface area contributed by atoms with Gasteiger partial charge in [-0.25, -0.2) is 9.37 Å². The molecule has 0 N–H and O–H groups in total. The predicted molar refractivity (Wildman–Crippen MR) is 87.9 cm³/mol. The van der Waals surface area contributed by atoms with Crippen molar-refractivity contribution in [2.75, 3.05) is 5.88 Å². The molecular weight excluding hydrogens is 355 g/mol. The van der Waals surface area contributed by atoms with Gasteiger partial charge >= 0.3 is 0 Å². The first-order valence-corrected chi connectivity index (χ1v) is 7.93. The molecule has 3 aromatic rings. The number of fused-ring (bicyclic) bond motifs is 1. The van der Waals surface area contributed by atoms with E-state index in [0.29, 0.717) is 22.5 Å². The number of hydrogen-bond donors (Lipinski definition) is 0. The molecule has 108 valence electrons. The molecular formula is C16H13BrClFN2. The van der Waals surface area contributed by atoms with Crippen LogP contribution in [0, 0.1) is 12.7 Å². The lowest BCUT2D eigenvalue weighted by molar-refractivity contribution is 0.616. The number of nitrogens with zero attached hydrogens (tertiary/aromatic N) is 2. The molecule has 3 rings (SSSR count). The van der Waals surface area contributed by atoms with Crippen molar-refractivity contribution in [3.05, 3.63) is 58.1 Å².